The van der Waals surface area contributed by atoms with Gasteiger partial charge in [0.05, 0.1) is 0 Å². The van der Waals surface area contributed by atoms with Gasteiger partial charge in [-0.1, -0.05) is 0 Å². The monoisotopic (exact) mass is 337 g/mol. The molecule has 0 spiro atoms. The minimum atomic E-state index is -4.43. The number of methoxy groups -OCH3 is 1. The van der Waals surface area contributed by atoms with Crippen LogP contribution in [0.5, 0.6) is 0 Å². The van der Waals surface area contributed by atoms with Gasteiger partial charge in [0.15, 0.2) is 18.9 Å². The summed E-state index contributed by atoms with van der Waals surface area (Å²) < 4.78 is 27.1. The maximum absolute atomic E-state index is 11.8. The summed E-state index contributed by atoms with van der Waals surface area (Å²) in [6.07, 6.45) is -4.43. The van der Waals surface area contributed by atoms with Crippen molar-refractivity contribution < 1.29 is 33.7 Å². The Balaban J connectivity index is 2.21. The molecule has 0 aromatic carbocycles. The molecular formula is C10H16N3O8P. The van der Waals surface area contributed by atoms with Crippen LogP contribution in [0.4, 0.5) is 5.82 Å². The lowest BCUT2D eigenvalue weighted by atomic mass is 10.2. The van der Waals surface area contributed by atoms with Crippen LogP contribution in [0.3, 0.4) is 0 Å². The fraction of sp³-hybridized carbons (Fsp3) is 0.600. The molecule has 1 aliphatic rings. The molecule has 1 aliphatic heterocycles. The highest BCUT2D eigenvalue weighted by atomic mass is 31.2. The van der Waals surface area contributed by atoms with E-state index in [-0.39, 0.29) is 5.82 Å². The first-order chi connectivity index (χ1) is 10.2. The highest BCUT2D eigenvalue weighted by molar-refractivity contribution is 7.51. The maximum atomic E-state index is 11.8. The Morgan fingerprint density at radius 3 is 2.77 bits per heavy atom. The number of ether oxygens (including phenoxy) is 3. The average molecular weight is 337 g/mol. The first kappa shape index (κ1) is 17.0. The van der Waals surface area contributed by atoms with Gasteiger partial charge in [-0.05, 0) is 6.07 Å². The molecule has 0 bridgehead atoms. The second-order valence-corrected chi connectivity index (χ2v) is 6.18. The third-order valence-electron chi connectivity index (χ3n) is 2.97. The standard InChI is InChI=1S/C10H16N3O8P/c1-19-7-6(14)9(20-4-22(16,17)18)21-8(7)13-3-2-5(11)12-10(13)15/h2-3,6-9,14H,4H2,1H3,(H2,11,12,15)(H2,16,17,18)/t6?,7-,8-,9+/m1/s1. The van der Waals surface area contributed by atoms with E-state index in [1.54, 1.807) is 0 Å². The van der Waals surface area contributed by atoms with Gasteiger partial charge in [-0.3, -0.25) is 9.13 Å². The Kier molecular flexibility index (Phi) is 4.97. The lowest BCUT2D eigenvalue weighted by molar-refractivity contribution is -0.168. The van der Waals surface area contributed by atoms with Gasteiger partial charge in [-0.2, -0.15) is 4.98 Å². The summed E-state index contributed by atoms with van der Waals surface area (Å²) >= 11 is 0. The Morgan fingerprint density at radius 1 is 1.55 bits per heavy atom. The highest BCUT2D eigenvalue weighted by Gasteiger charge is 2.46. The van der Waals surface area contributed by atoms with Crippen molar-refractivity contribution in [3.8, 4) is 0 Å². The number of nitrogen functional groups attached to an aromatic ring is 1. The van der Waals surface area contributed by atoms with E-state index in [2.05, 4.69) is 4.98 Å². The number of nitrogens with zero attached hydrogens (tertiary/aromatic N) is 2. The number of aromatic nitrogens is 2. The van der Waals surface area contributed by atoms with E-state index in [9.17, 15) is 14.5 Å². The molecule has 0 aliphatic carbocycles. The van der Waals surface area contributed by atoms with Crippen LogP contribution in [0.15, 0.2) is 17.1 Å². The van der Waals surface area contributed by atoms with Crippen LogP contribution in [0, 0.1) is 0 Å². The first-order valence-electron chi connectivity index (χ1n) is 6.10. The molecular weight excluding hydrogens is 321 g/mol. The number of anilines is 1. The van der Waals surface area contributed by atoms with Crippen LogP contribution >= 0.6 is 7.60 Å². The smallest absolute Gasteiger partial charge is 0.351 e. The van der Waals surface area contributed by atoms with Crippen molar-refractivity contribution in [2.24, 2.45) is 0 Å². The van der Waals surface area contributed by atoms with Crippen LogP contribution in [-0.4, -0.2) is 56.4 Å². The van der Waals surface area contributed by atoms with Crippen molar-refractivity contribution in [3.63, 3.8) is 0 Å². The summed E-state index contributed by atoms with van der Waals surface area (Å²) in [5, 5.41) is 10.0. The number of aliphatic hydroxyl groups excluding tert-OH is 1. The minimum Gasteiger partial charge on any atom is -0.385 e. The number of nitrogens with two attached hydrogens (primary N) is 1. The molecule has 1 aromatic rings. The first-order valence-corrected chi connectivity index (χ1v) is 7.90. The van der Waals surface area contributed by atoms with Crippen LogP contribution in [0.2, 0.25) is 0 Å². The fourth-order valence-electron chi connectivity index (χ4n) is 2.03. The van der Waals surface area contributed by atoms with Gasteiger partial charge in [0, 0.05) is 13.3 Å². The van der Waals surface area contributed by atoms with Crippen LogP contribution < -0.4 is 11.4 Å². The molecule has 2 heterocycles. The van der Waals surface area contributed by atoms with E-state index in [1.165, 1.54) is 19.4 Å². The van der Waals surface area contributed by atoms with Gasteiger partial charge < -0.3 is 34.8 Å². The summed E-state index contributed by atoms with van der Waals surface area (Å²) in [5.74, 6) is 0.0167. The van der Waals surface area contributed by atoms with E-state index in [0.717, 1.165) is 4.57 Å². The topological polar surface area (TPSA) is 166 Å². The second kappa shape index (κ2) is 6.42. The quantitative estimate of drug-likeness (QED) is 0.450. The molecule has 0 saturated carbocycles. The van der Waals surface area contributed by atoms with Crippen molar-refractivity contribution in [3.05, 3.63) is 22.7 Å². The summed E-state index contributed by atoms with van der Waals surface area (Å²) in [6, 6.07) is 1.35. The van der Waals surface area contributed by atoms with E-state index in [4.69, 9.17) is 29.7 Å². The van der Waals surface area contributed by atoms with Gasteiger partial charge in [0.25, 0.3) is 0 Å². The third-order valence-corrected chi connectivity index (χ3v) is 3.46. The van der Waals surface area contributed by atoms with Gasteiger partial charge >= 0.3 is 13.3 Å². The molecule has 1 aromatic heterocycles. The van der Waals surface area contributed by atoms with Crippen molar-refractivity contribution in [2.45, 2.75) is 24.7 Å². The predicted molar refractivity (Wildman–Crippen MR) is 71.6 cm³/mol. The second-order valence-electron chi connectivity index (χ2n) is 4.59. The van der Waals surface area contributed by atoms with E-state index in [0.29, 0.717) is 0 Å². The molecule has 0 radical (unpaired) electrons. The van der Waals surface area contributed by atoms with E-state index in [1.807, 2.05) is 0 Å². The van der Waals surface area contributed by atoms with E-state index >= 15 is 0 Å². The number of aliphatic hydroxyl groups is 1. The summed E-state index contributed by atoms with van der Waals surface area (Å²) in [4.78, 5) is 32.9. The molecule has 5 N–H and O–H groups in total. The summed E-state index contributed by atoms with van der Waals surface area (Å²) in [5.41, 5.74) is 4.66. The van der Waals surface area contributed by atoms with Crippen molar-refractivity contribution in [1.82, 2.24) is 9.55 Å². The van der Waals surface area contributed by atoms with E-state index < -0.39 is 44.4 Å². The molecule has 1 unspecified atom stereocenters. The normalized spacial score (nSPS) is 28.9. The summed E-state index contributed by atoms with van der Waals surface area (Å²) in [6.45, 7) is 0. The SMILES string of the molecule is CO[C@@H]1C(O)[C@@H](OCP(=O)(O)O)O[C@H]1n1ccc(N)nc1=O. The predicted octanol–water partition coefficient (Wildman–Crippen LogP) is -1.79. The van der Waals surface area contributed by atoms with Crippen LogP contribution in [0.1, 0.15) is 6.23 Å². The lowest BCUT2D eigenvalue weighted by Gasteiger charge is -2.19. The Hall–Kier alpha value is -1.33. The molecule has 0 amide bonds. The maximum Gasteiger partial charge on any atom is 0.351 e. The van der Waals surface area contributed by atoms with Crippen molar-refractivity contribution in [1.29, 1.82) is 0 Å². The van der Waals surface area contributed by atoms with Gasteiger partial charge in [0.2, 0.25) is 0 Å². The molecule has 2 rings (SSSR count). The molecule has 22 heavy (non-hydrogen) atoms. The number of hydrogen-bond acceptors (Lipinski definition) is 8. The van der Waals surface area contributed by atoms with Crippen molar-refractivity contribution in [2.75, 3.05) is 19.2 Å². The number of hydrogen-bond donors (Lipinski definition) is 4. The van der Waals surface area contributed by atoms with Gasteiger partial charge in [-0.15, -0.1) is 0 Å². The van der Waals surface area contributed by atoms with Crippen LogP contribution in [0.25, 0.3) is 0 Å². The Morgan fingerprint density at radius 2 is 2.23 bits per heavy atom. The molecule has 12 heteroatoms. The summed E-state index contributed by atoms with van der Waals surface area (Å²) in [7, 11) is -3.15. The molecule has 11 nitrogen and oxygen atoms in total. The largest absolute Gasteiger partial charge is 0.385 e. The molecule has 1 saturated heterocycles. The Bertz CT molecular complexity index is 631. The average Bonchev–Trinajstić information content (AvgIpc) is 2.72. The molecule has 124 valence electrons. The van der Waals surface area contributed by atoms with Gasteiger partial charge in [0.1, 0.15) is 18.0 Å². The zero-order chi connectivity index (χ0) is 16.5. The lowest BCUT2D eigenvalue weighted by Crippen LogP contribution is -2.37. The zero-order valence-corrected chi connectivity index (χ0v) is 12.4. The highest BCUT2D eigenvalue weighted by Crippen LogP contribution is 2.37. The van der Waals surface area contributed by atoms with Crippen molar-refractivity contribution >= 4 is 13.4 Å². The zero-order valence-electron chi connectivity index (χ0n) is 11.5. The molecule has 1 fully saturated rings. The van der Waals surface area contributed by atoms with Crippen LogP contribution in [-0.2, 0) is 18.8 Å². The minimum absolute atomic E-state index is 0.0167. The fourth-order valence-corrected chi connectivity index (χ4v) is 2.37. The van der Waals surface area contributed by atoms with Gasteiger partial charge in [-0.25, -0.2) is 4.79 Å². The Labute approximate surface area is 124 Å². The molecule has 4 atom stereocenters. The number of rotatable bonds is 5. The third kappa shape index (κ3) is 3.70.